The Morgan fingerprint density at radius 2 is 1.91 bits per heavy atom. The predicted octanol–water partition coefficient (Wildman–Crippen LogP) is 5.24. The number of benzene rings is 2. The Labute approximate surface area is 191 Å². The van der Waals surface area contributed by atoms with Gasteiger partial charge in [-0.05, 0) is 91.4 Å². The molecule has 1 N–H and O–H groups in total. The number of hydrogen-bond acceptors (Lipinski definition) is 5. The molecule has 32 heavy (non-hydrogen) atoms. The van der Waals surface area contributed by atoms with Gasteiger partial charge < -0.3 is 10.0 Å². The lowest BCUT2D eigenvalue weighted by Gasteiger charge is -2.28. The van der Waals surface area contributed by atoms with E-state index < -0.39 is 0 Å². The zero-order valence-corrected chi connectivity index (χ0v) is 19.2. The summed E-state index contributed by atoms with van der Waals surface area (Å²) in [6.45, 7) is 3.49. The number of rotatable bonds is 7. The summed E-state index contributed by atoms with van der Waals surface area (Å²) >= 11 is 1.47. The molecule has 0 saturated carbocycles. The number of fused-ring (bicyclic) bond motifs is 2. The zero-order chi connectivity index (χ0) is 22.8. The summed E-state index contributed by atoms with van der Waals surface area (Å²) in [7, 11) is 0. The molecule has 0 aliphatic heterocycles. The van der Waals surface area contributed by atoms with Gasteiger partial charge in [0.15, 0.2) is 5.78 Å². The van der Waals surface area contributed by atoms with Gasteiger partial charge in [0.25, 0.3) is 0 Å². The van der Waals surface area contributed by atoms with Gasteiger partial charge >= 0.3 is 0 Å². The van der Waals surface area contributed by atoms with Crippen LogP contribution in [0.2, 0.25) is 0 Å². The molecule has 5 nitrogen and oxygen atoms in total. The first kappa shape index (κ1) is 22.2. The van der Waals surface area contributed by atoms with Gasteiger partial charge in [-0.1, -0.05) is 12.1 Å². The van der Waals surface area contributed by atoms with Crippen molar-refractivity contribution in [3.05, 3.63) is 64.0 Å². The van der Waals surface area contributed by atoms with Gasteiger partial charge in [0, 0.05) is 17.7 Å². The molecule has 166 valence electrons. The molecular weight excluding hydrogens is 422 g/mol. The summed E-state index contributed by atoms with van der Waals surface area (Å²) in [4.78, 5) is 39.2. The monoisotopic (exact) mass is 449 g/mol. The number of thiophene rings is 1. The number of hydrogen-bond donors (Lipinski definition) is 1. The maximum atomic E-state index is 13.3. The van der Waals surface area contributed by atoms with Crippen molar-refractivity contribution in [3.63, 3.8) is 0 Å². The summed E-state index contributed by atoms with van der Waals surface area (Å²) in [6, 6.07) is 13.2. The van der Waals surface area contributed by atoms with Crippen LogP contribution in [-0.2, 0) is 22.6 Å². The molecule has 0 fully saturated rings. The molecule has 6 heteroatoms. The molecule has 0 radical (unpaired) electrons. The summed E-state index contributed by atoms with van der Waals surface area (Å²) in [5, 5.41) is 10.8. The van der Waals surface area contributed by atoms with Gasteiger partial charge in [0.05, 0.1) is 11.4 Å². The molecule has 1 atom stereocenters. The quantitative estimate of drug-likeness (QED) is 0.501. The minimum absolute atomic E-state index is 0.0408. The molecule has 0 spiro atoms. The molecule has 1 unspecified atom stereocenters. The van der Waals surface area contributed by atoms with Gasteiger partial charge in [-0.25, -0.2) is 0 Å². The van der Waals surface area contributed by atoms with Gasteiger partial charge in [-0.15, -0.1) is 11.3 Å². The third-order valence-electron chi connectivity index (χ3n) is 6.05. The minimum Gasteiger partial charge on any atom is -0.508 e. The van der Waals surface area contributed by atoms with Crippen LogP contribution in [-0.4, -0.2) is 34.0 Å². The summed E-state index contributed by atoms with van der Waals surface area (Å²) in [5.41, 5.74) is 3.17. The number of carbonyl (C=O) groups excluding carboxylic acids is 3. The SMILES string of the molecule is CC(=O)CN(Cc1ccc2sc(C(C)=O)cc2c1)C(=O)CC1CCCc2cc(O)ccc21. The Morgan fingerprint density at radius 1 is 1.09 bits per heavy atom. The van der Waals surface area contributed by atoms with E-state index in [1.54, 1.807) is 24.0 Å². The smallest absolute Gasteiger partial charge is 0.223 e. The molecule has 1 amide bonds. The van der Waals surface area contributed by atoms with Crippen LogP contribution in [0.3, 0.4) is 0 Å². The molecule has 2 aromatic carbocycles. The van der Waals surface area contributed by atoms with E-state index in [1.165, 1.54) is 18.3 Å². The van der Waals surface area contributed by atoms with E-state index in [1.807, 2.05) is 30.3 Å². The van der Waals surface area contributed by atoms with Crippen molar-refractivity contribution in [2.75, 3.05) is 6.54 Å². The van der Waals surface area contributed by atoms with Crippen molar-refractivity contribution in [1.82, 2.24) is 4.90 Å². The lowest BCUT2D eigenvalue weighted by Crippen LogP contribution is -2.35. The average Bonchev–Trinajstić information content (AvgIpc) is 3.17. The van der Waals surface area contributed by atoms with Crippen LogP contribution in [0, 0.1) is 0 Å². The Morgan fingerprint density at radius 3 is 2.66 bits per heavy atom. The highest BCUT2D eigenvalue weighted by atomic mass is 32.1. The Kier molecular flexibility index (Phi) is 6.42. The molecule has 1 aliphatic rings. The van der Waals surface area contributed by atoms with E-state index in [2.05, 4.69) is 0 Å². The lowest BCUT2D eigenvalue weighted by atomic mass is 9.80. The zero-order valence-electron chi connectivity index (χ0n) is 18.4. The van der Waals surface area contributed by atoms with Gasteiger partial charge in [0.2, 0.25) is 5.91 Å². The second-order valence-electron chi connectivity index (χ2n) is 8.67. The van der Waals surface area contributed by atoms with Crippen LogP contribution < -0.4 is 0 Å². The second kappa shape index (κ2) is 9.25. The van der Waals surface area contributed by atoms with Crippen molar-refractivity contribution >= 4 is 38.9 Å². The third kappa shape index (κ3) is 4.91. The molecule has 0 saturated heterocycles. The largest absolute Gasteiger partial charge is 0.508 e. The Hall–Kier alpha value is -2.99. The van der Waals surface area contributed by atoms with E-state index in [4.69, 9.17) is 0 Å². The van der Waals surface area contributed by atoms with Crippen LogP contribution in [0.25, 0.3) is 10.1 Å². The Bertz CT molecular complexity index is 1200. The topological polar surface area (TPSA) is 74.7 Å². The van der Waals surface area contributed by atoms with E-state index in [9.17, 15) is 19.5 Å². The number of phenolic OH excluding ortho intramolecular Hbond substituents is 1. The summed E-state index contributed by atoms with van der Waals surface area (Å²) in [6.07, 6.45) is 3.16. The fourth-order valence-corrected chi connectivity index (χ4v) is 5.48. The van der Waals surface area contributed by atoms with Crippen molar-refractivity contribution in [2.24, 2.45) is 0 Å². The number of amides is 1. The minimum atomic E-state index is -0.0530. The Balaban J connectivity index is 1.54. The standard InChI is InChI=1S/C26H27NO4S/c1-16(28)14-27(15-18-6-9-24-21(10-18)12-25(32-24)17(2)29)26(31)13-20-5-3-4-19-11-22(30)7-8-23(19)20/h6-12,20,30H,3-5,13-15H2,1-2H3. The first-order valence-corrected chi connectivity index (χ1v) is 11.7. The average molecular weight is 450 g/mol. The second-order valence-corrected chi connectivity index (χ2v) is 9.75. The van der Waals surface area contributed by atoms with E-state index in [0.29, 0.717) is 13.0 Å². The molecule has 4 rings (SSSR count). The van der Waals surface area contributed by atoms with Crippen molar-refractivity contribution in [1.29, 1.82) is 0 Å². The molecule has 1 heterocycles. The van der Waals surface area contributed by atoms with Crippen LogP contribution in [0.5, 0.6) is 5.75 Å². The number of phenols is 1. The maximum absolute atomic E-state index is 13.3. The lowest BCUT2D eigenvalue weighted by molar-refractivity contribution is -0.135. The highest BCUT2D eigenvalue weighted by molar-refractivity contribution is 7.20. The molecule has 3 aromatic rings. The predicted molar refractivity (Wildman–Crippen MR) is 126 cm³/mol. The summed E-state index contributed by atoms with van der Waals surface area (Å²) in [5.74, 6) is 0.301. The first-order valence-electron chi connectivity index (χ1n) is 10.9. The maximum Gasteiger partial charge on any atom is 0.223 e. The number of carbonyl (C=O) groups is 3. The highest BCUT2D eigenvalue weighted by Gasteiger charge is 2.26. The van der Waals surface area contributed by atoms with Crippen LogP contribution in [0.15, 0.2) is 42.5 Å². The number of ketones is 2. The fraction of sp³-hybridized carbons (Fsp3) is 0.346. The molecule has 1 aliphatic carbocycles. The highest BCUT2D eigenvalue weighted by Crippen LogP contribution is 2.36. The fourth-order valence-electron chi connectivity index (χ4n) is 4.54. The first-order chi connectivity index (χ1) is 15.3. The normalized spacial score (nSPS) is 15.4. The van der Waals surface area contributed by atoms with E-state index in [0.717, 1.165) is 50.9 Å². The van der Waals surface area contributed by atoms with Gasteiger partial charge in [-0.3, -0.25) is 14.4 Å². The van der Waals surface area contributed by atoms with Crippen molar-refractivity contribution < 1.29 is 19.5 Å². The number of aryl methyl sites for hydroxylation is 1. The van der Waals surface area contributed by atoms with Crippen LogP contribution >= 0.6 is 11.3 Å². The molecule has 1 aromatic heterocycles. The van der Waals surface area contributed by atoms with E-state index >= 15 is 0 Å². The van der Waals surface area contributed by atoms with Crippen molar-refractivity contribution in [3.8, 4) is 5.75 Å². The van der Waals surface area contributed by atoms with Crippen molar-refractivity contribution in [2.45, 2.75) is 52.0 Å². The van der Waals surface area contributed by atoms with Gasteiger partial charge in [-0.2, -0.15) is 0 Å². The number of Topliss-reactive ketones (excluding diaryl/α,β-unsaturated/α-hetero) is 2. The third-order valence-corrected chi connectivity index (χ3v) is 7.27. The summed E-state index contributed by atoms with van der Waals surface area (Å²) < 4.78 is 1.03. The molecule has 0 bridgehead atoms. The molecular formula is C26H27NO4S. The number of nitrogens with zero attached hydrogens (tertiary/aromatic N) is 1. The van der Waals surface area contributed by atoms with Gasteiger partial charge in [0.1, 0.15) is 11.5 Å². The van der Waals surface area contributed by atoms with E-state index in [-0.39, 0.29) is 35.7 Å². The van der Waals surface area contributed by atoms with Crippen LogP contribution in [0.4, 0.5) is 0 Å². The van der Waals surface area contributed by atoms with Crippen LogP contribution in [0.1, 0.15) is 65.4 Å². The number of aromatic hydroxyl groups is 1.